The molecule has 3 heteroatoms. The quantitative estimate of drug-likeness (QED) is 0.813. The number of halogens is 2. The van der Waals surface area contributed by atoms with Crippen molar-refractivity contribution < 1.29 is 0 Å². The standard InChI is InChI=1S/C14H13BrClN/c1-10(11-5-3-2-4-6-11)17-12-7-8-14(16)13(15)9-12/h2-10,17H,1H3. The van der Waals surface area contributed by atoms with Gasteiger partial charge >= 0.3 is 0 Å². The van der Waals surface area contributed by atoms with Crippen LogP contribution in [0.15, 0.2) is 53.0 Å². The maximum atomic E-state index is 5.96. The van der Waals surface area contributed by atoms with E-state index in [0.717, 1.165) is 15.2 Å². The Morgan fingerprint density at radius 1 is 1.12 bits per heavy atom. The maximum absolute atomic E-state index is 5.96. The molecule has 2 aromatic carbocycles. The van der Waals surface area contributed by atoms with Gasteiger partial charge in [0.05, 0.1) is 5.02 Å². The number of hydrogen-bond donors (Lipinski definition) is 1. The summed E-state index contributed by atoms with van der Waals surface area (Å²) in [7, 11) is 0. The monoisotopic (exact) mass is 309 g/mol. The summed E-state index contributed by atoms with van der Waals surface area (Å²) in [6, 6.07) is 16.5. The van der Waals surface area contributed by atoms with Gasteiger partial charge in [-0.1, -0.05) is 41.9 Å². The van der Waals surface area contributed by atoms with Crippen LogP contribution >= 0.6 is 27.5 Å². The Kier molecular flexibility index (Phi) is 4.08. The Balaban J connectivity index is 2.13. The van der Waals surface area contributed by atoms with Crippen LogP contribution in [0.2, 0.25) is 5.02 Å². The molecule has 0 spiro atoms. The van der Waals surface area contributed by atoms with Crippen molar-refractivity contribution in [3.63, 3.8) is 0 Å². The molecule has 0 aliphatic rings. The second kappa shape index (κ2) is 5.56. The highest BCUT2D eigenvalue weighted by Crippen LogP contribution is 2.27. The summed E-state index contributed by atoms with van der Waals surface area (Å²) in [6.07, 6.45) is 0. The van der Waals surface area contributed by atoms with E-state index >= 15 is 0 Å². The molecule has 1 nitrogen and oxygen atoms in total. The molecule has 0 saturated heterocycles. The van der Waals surface area contributed by atoms with Gasteiger partial charge in [-0.3, -0.25) is 0 Å². The van der Waals surface area contributed by atoms with Crippen LogP contribution in [0, 0.1) is 0 Å². The summed E-state index contributed by atoms with van der Waals surface area (Å²) in [5.74, 6) is 0. The van der Waals surface area contributed by atoms with E-state index in [9.17, 15) is 0 Å². The minimum Gasteiger partial charge on any atom is -0.378 e. The van der Waals surface area contributed by atoms with Crippen LogP contribution in [0.3, 0.4) is 0 Å². The van der Waals surface area contributed by atoms with Crippen molar-refractivity contribution in [2.24, 2.45) is 0 Å². The van der Waals surface area contributed by atoms with Crippen molar-refractivity contribution in [1.82, 2.24) is 0 Å². The minimum absolute atomic E-state index is 0.268. The molecule has 0 saturated carbocycles. The predicted molar refractivity (Wildman–Crippen MR) is 77.6 cm³/mol. The second-order valence-corrected chi connectivity index (χ2v) is 5.17. The Labute approximate surface area is 115 Å². The van der Waals surface area contributed by atoms with Gasteiger partial charge in [0.2, 0.25) is 0 Å². The lowest BCUT2D eigenvalue weighted by molar-refractivity contribution is 0.885. The molecule has 2 rings (SSSR count). The molecule has 1 N–H and O–H groups in total. The summed E-state index contributed by atoms with van der Waals surface area (Å²) < 4.78 is 0.907. The van der Waals surface area contributed by atoms with Gasteiger partial charge in [-0.05, 0) is 46.6 Å². The molecule has 0 bridgehead atoms. The first kappa shape index (κ1) is 12.5. The Bertz CT molecular complexity index is 499. The maximum Gasteiger partial charge on any atom is 0.0549 e. The Morgan fingerprint density at radius 3 is 2.47 bits per heavy atom. The van der Waals surface area contributed by atoms with Gasteiger partial charge in [0, 0.05) is 16.2 Å². The molecular weight excluding hydrogens is 298 g/mol. The molecule has 17 heavy (non-hydrogen) atoms. The summed E-state index contributed by atoms with van der Waals surface area (Å²) in [5.41, 5.74) is 2.32. The molecule has 0 fully saturated rings. The van der Waals surface area contributed by atoms with Crippen LogP contribution in [-0.4, -0.2) is 0 Å². The summed E-state index contributed by atoms with van der Waals surface area (Å²) >= 11 is 9.38. The third-order valence-electron chi connectivity index (χ3n) is 2.60. The first-order valence-corrected chi connectivity index (χ1v) is 6.60. The van der Waals surface area contributed by atoms with E-state index < -0.39 is 0 Å². The van der Waals surface area contributed by atoms with Crippen LogP contribution in [0.5, 0.6) is 0 Å². The lowest BCUT2D eigenvalue weighted by Crippen LogP contribution is -2.06. The smallest absolute Gasteiger partial charge is 0.0549 e. The van der Waals surface area contributed by atoms with Crippen LogP contribution in [-0.2, 0) is 0 Å². The second-order valence-electron chi connectivity index (χ2n) is 3.91. The fourth-order valence-electron chi connectivity index (χ4n) is 1.66. The van der Waals surface area contributed by atoms with E-state index in [4.69, 9.17) is 11.6 Å². The molecule has 1 atom stereocenters. The zero-order chi connectivity index (χ0) is 12.3. The van der Waals surface area contributed by atoms with Crippen LogP contribution < -0.4 is 5.32 Å². The summed E-state index contributed by atoms with van der Waals surface area (Å²) in [4.78, 5) is 0. The highest BCUT2D eigenvalue weighted by atomic mass is 79.9. The van der Waals surface area contributed by atoms with Gasteiger partial charge in [-0.25, -0.2) is 0 Å². The zero-order valence-corrected chi connectivity index (χ0v) is 11.8. The largest absolute Gasteiger partial charge is 0.378 e. The van der Waals surface area contributed by atoms with Crippen molar-refractivity contribution in [3.05, 3.63) is 63.6 Å². The Hall–Kier alpha value is -0.990. The van der Waals surface area contributed by atoms with E-state index in [1.807, 2.05) is 36.4 Å². The van der Waals surface area contributed by atoms with Gasteiger partial charge in [0.1, 0.15) is 0 Å². The number of rotatable bonds is 3. The van der Waals surface area contributed by atoms with Gasteiger partial charge in [0.25, 0.3) is 0 Å². The molecule has 1 unspecified atom stereocenters. The van der Waals surface area contributed by atoms with Crippen molar-refractivity contribution in [1.29, 1.82) is 0 Å². The molecule has 88 valence electrons. The third-order valence-corrected chi connectivity index (χ3v) is 3.82. The van der Waals surface area contributed by atoms with Gasteiger partial charge in [-0.15, -0.1) is 0 Å². The van der Waals surface area contributed by atoms with E-state index in [1.165, 1.54) is 5.56 Å². The van der Waals surface area contributed by atoms with Crippen LogP contribution in [0.1, 0.15) is 18.5 Å². The molecular formula is C14H13BrClN. The zero-order valence-electron chi connectivity index (χ0n) is 9.45. The van der Waals surface area contributed by atoms with Gasteiger partial charge in [0.15, 0.2) is 0 Å². The number of benzene rings is 2. The first-order valence-electron chi connectivity index (χ1n) is 5.43. The van der Waals surface area contributed by atoms with Crippen molar-refractivity contribution >= 4 is 33.2 Å². The van der Waals surface area contributed by atoms with E-state index in [0.29, 0.717) is 0 Å². The lowest BCUT2D eigenvalue weighted by Gasteiger charge is -2.16. The summed E-state index contributed by atoms with van der Waals surface area (Å²) in [5, 5.41) is 4.16. The fourth-order valence-corrected chi connectivity index (χ4v) is 2.16. The summed E-state index contributed by atoms with van der Waals surface area (Å²) in [6.45, 7) is 2.14. The van der Waals surface area contributed by atoms with Crippen molar-refractivity contribution in [2.75, 3.05) is 5.32 Å². The average Bonchev–Trinajstić information content (AvgIpc) is 2.35. The highest BCUT2D eigenvalue weighted by Gasteiger charge is 2.05. The molecule has 0 radical (unpaired) electrons. The topological polar surface area (TPSA) is 12.0 Å². The van der Waals surface area contributed by atoms with E-state index in [-0.39, 0.29) is 6.04 Å². The highest BCUT2D eigenvalue weighted by molar-refractivity contribution is 9.10. The predicted octanol–water partition coefficient (Wildman–Crippen LogP) is 5.28. The lowest BCUT2D eigenvalue weighted by atomic mass is 10.1. The molecule has 0 aliphatic heterocycles. The van der Waals surface area contributed by atoms with Crippen molar-refractivity contribution in [2.45, 2.75) is 13.0 Å². The third kappa shape index (κ3) is 3.24. The Morgan fingerprint density at radius 2 is 1.82 bits per heavy atom. The number of hydrogen-bond acceptors (Lipinski definition) is 1. The number of anilines is 1. The molecule has 0 amide bonds. The van der Waals surface area contributed by atoms with E-state index in [1.54, 1.807) is 0 Å². The molecule has 0 aromatic heterocycles. The van der Waals surface area contributed by atoms with E-state index in [2.05, 4.69) is 40.3 Å². The normalized spacial score (nSPS) is 12.2. The van der Waals surface area contributed by atoms with Crippen molar-refractivity contribution in [3.8, 4) is 0 Å². The SMILES string of the molecule is CC(Nc1ccc(Cl)c(Br)c1)c1ccccc1. The average molecular weight is 311 g/mol. The molecule has 0 aliphatic carbocycles. The molecule has 0 heterocycles. The number of nitrogens with one attached hydrogen (secondary N) is 1. The first-order chi connectivity index (χ1) is 8.16. The van der Waals surface area contributed by atoms with Gasteiger partial charge in [-0.2, -0.15) is 0 Å². The van der Waals surface area contributed by atoms with Gasteiger partial charge < -0.3 is 5.32 Å². The van der Waals surface area contributed by atoms with Crippen LogP contribution in [0.25, 0.3) is 0 Å². The molecule has 2 aromatic rings. The van der Waals surface area contributed by atoms with Crippen LogP contribution in [0.4, 0.5) is 5.69 Å². The minimum atomic E-state index is 0.268. The fraction of sp³-hybridized carbons (Fsp3) is 0.143.